The molecule has 0 saturated carbocycles. The average Bonchev–Trinajstić information content (AvgIpc) is 3.04. The maximum Gasteiger partial charge on any atom is 0.445 e. The molecule has 0 aliphatic rings. The molecular formula is C13H13F3N4O3S2. The Morgan fingerprint density at radius 1 is 1.12 bits per heavy atom. The van der Waals surface area contributed by atoms with Gasteiger partial charge in [0, 0.05) is 4.88 Å². The lowest BCUT2D eigenvalue weighted by Crippen LogP contribution is -2.20. The number of carbonyl (C=O) groups is 2. The molecule has 2 rings (SSSR count). The molecule has 0 aromatic carbocycles. The van der Waals surface area contributed by atoms with E-state index in [9.17, 15) is 27.9 Å². The number of rotatable bonds is 3. The molecule has 0 unspecified atom stereocenters. The van der Waals surface area contributed by atoms with Crippen LogP contribution in [0.3, 0.4) is 0 Å². The quantitative estimate of drug-likeness (QED) is 0.722. The summed E-state index contributed by atoms with van der Waals surface area (Å²) in [6.07, 6.45) is -4.65. The topological polar surface area (TPSA) is 104 Å². The van der Waals surface area contributed by atoms with Gasteiger partial charge in [0.1, 0.15) is 4.88 Å². The molecule has 2 heterocycles. The highest BCUT2D eigenvalue weighted by molar-refractivity contribution is 7.15. The van der Waals surface area contributed by atoms with Crippen molar-refractivity contribution in [1.82, 2.24) is 10.2 Å². The number of anilines is 2. The summed E-state index contributed by atoms with van der Waals surface area (Å²) < 4.78 is 37.4. The average molecular weight is 394 g/mol. The second-order valence-electron chi connectivity index (χ2n) is 5.90. The molecule has 0 radical (unpaired) electrons. The maximum absolute atomic E-state index is 12.5. The van der Waals surface area contributed by atoms with Crippen molar-refractivity contribution in [2.24, 2.45) is 0 Å². The van der Waals surface area contributed by atoms with Gasteiger partial charge < -0.3 is 10.4 Å². The van der Waals surface area contributed by atoms with E-state index in [1.54, 1.807) is 0 Å². The Balaban J connectivity index is 2.16. The molecule has 2 aromatic rings. The molecule has 7 nitrogen and oxygen atoms in total. The van der Waals surface area contributed by atoms with Crippen molar-refractivity contribution >= 4 is 45.5 Å². The van der Waals surface area contributed by atoms with Crippen LogP contribution in [0.15, 0.2) is 6.07 Å². The lowest BCUT2D eigenvalue weighted by Gasteiger charge is -2.15. The monoisotopic (exact) mass is 394 g/mol. The van der Waals surface area contributed by atoms with Gasteiger partial charge in [-0.2, -0.15) is 13.2 Å². The van der Waals surface area contributed by atoms with E-state index in [0.29, 0.717) is 0 Å². The number of amides is 2. The predicted molar refractivity (Wildman–Crippen MR) is 87.5 cm³/mol. The number of carboxylic acid groups (broad SMARTS) is 1. The van der Waals surface area contributed by atoms with Crippen molar-refractivity contribution in [3.05, 3.63) is 20.8 Å². The van der Waals surface area contributed by atoms with Gasteiger partial charge in [-0.15, -0.1) is 21.5 Å². The van der Waals surface area contributed by atoms with Crippen LogP contribution in [-0.4, -0.2) is 27.3 Å². The van der Waals surface area contributed by atoms with Crippen LogP contribution < -0.4 is 10.6 Å². The Morgan fingerprint density at radius 3 is 2.24 bits per heavy atom. The summed E-state index contributed by atoms with van der Waals surface area (Å²) in [5.74, 6) is -1.22. The number of carbonyl (C=O) groups excluding carboxylic acids is 1. The van der Waals surface area contributed by atoms with Gasteiger partial charge in [0.15, 0.2) is 0 Å². The Hall–Kier alpha value is -2.21. The van der Waals surface area contributed by atoms with Crippen LogP contribution >= 0.6 is 22.7 Å². The molecule has 2 amide bonds. The molecule has 0 spiro atoms. The number of aromatic carboxylic acids is 1. The van der Waals surface area contributed by atoms with Crippen molar-refractivity contribution < 1.29 is 27.9 Å². The number of carboxylic acids is 1. The first-order chi connectivity index (χ1) is 11.4. The third-order valence-corrected chi connectivity index (χ3v) is 5.23. The lowest BCUT2D eigenvalue weighted by atomic mass is 9.94. The molecule has 25 heavy (non-hydrogen) atoms. The number of halogens is 3. The molecule has 0 atom stereocenters. The number of hydrogen-bond acceptors (Lipinski definition) is 6. The first-order valence-corrected chi connectivity index (χ1v) is 8.37. The first-order valence-electron chi connectivity index (χ1n) is 6.74. The van der Waals surface area contributed by atoms with Gasteiger partial charge in [-0.05, 0) is 11.5 Å². The van der Waals surface area contributed by atoms with Crippen molar-refractivity contribution in [3.8, 4) is 0 Å². The van der Waals surface area contributed by atoms with Crippen molar-refractivity contribution in [1.29, 1.82) is 0 Å². The van der Waals surface area contributed by atoms with Gasteiger partial charge in [0.2, 0.25) is 10.1 Å². The number of thiophene rings is 1. The second kappa shape index (κ2) is 6.59. The van der Waals surface area contributed by atoms with Crippen LogP contribution in [0.2, 0.25) is 0 Å². The van der Waals surface area contributed by atoms with Gasteiger partial charge in [-0.25, -0.2) is 9.59 Å². The molecule has 0 saturated heterocycles. The third-order valence-electron chi connectivity index (χ3n) is 2.80. The van der Waals surface area contributed by atoms with Crippen LogP contribution in [0.25, 0.3) is 0 Å². The first kappa shape index (κ1) is 19.1. The molecule has 0 bridgehead atoms. The van der Waals surface area contributed by atoms with E-state index in [1.165, 1.54) is 6.07 Å². The van der Waals surface area contributed by atoms with E-state index in [4.69, 9.17) is 0 Å². The van der Waals surface area contributed by atoms with Crippen molar-refractivity contribution in [2.75, 3.05) is 10.6 Å². The zero-order chi connectivity index (χ0) is 19.0. The zero-order valence-electron chi connectivity index (χ0n) is 13.2. The number of aromatic nitrogens is 2. The fraction of sp³-hybridized carbons (Fsp3) is 0.385. The van der Waals surface area contributed by atoms with Crippen molar-refractivity contribution in [2.45, 2.75) is 32.4 Å². The minimum atomic E-state index is -4.65. The number of nitrogens with one attached hydrogen (secondary N) is 2. The van der Waals surface area contributed by atoms with Gasteiger partial charge in [0.25, 0.3) is 0 Å². The second-order valence-corrected chi connectivity index (χ2v) is 7.93. The highest BCUT2D eigenvalue weighted by atomic mass is 32.1. The summed E-state index contributed by atoms with van der Waals surface area (Å²) in [5, 5.41) is 18.3. The fourth-order valence-electron chi connectivity index (χ4n) is 1.65. The minimum Gasteiger partial charge on any atom is -0.477 e. The summed E-state index contributed by atoms with van der Waals surface area (Å²) in [5.41, 5.74) is -0.271. The largest absolute Gasteiger partial charge is 0.477 e. The number of alkyl halides is 3. The van der Waals surface area contributed by atoms with E-state index in [1.807, 2.05) is 20.8 Å². The molecule has 136 valence electrons. The number of urea groups is 1. The smallest absolute Gasteiger partial charge is 0.445 e. The van der Waals surface area contributed by atoms with E-state index in [0.717, 1.165) is 16.2 Å². The summed E-state index contributed by atoms with van der Waals surface area (Å²) in [4.78, 5) is 23.9. The van der Waals surface area contributed by atoms with Gasteiger partial charge >= 0.3 is 18.2 Å². The SMILES string of the molecule is CC(C)(C)c1cc(NC(=O)Nc2nnc(C(F)(F)F)s2)c(C(=O)O)s1. The van der Waals surface area contributed by atoms with E-state index < -0.39 is 23.2 Å². The van der Waals surface area contributed by atoms with E-state index >= 15 is 0 Å². The van der Waals surface area contributed by atoms with Crippen LogP contribution in [0.5, 0.6) is 0 Å². The standard InChI is InChI=1S/C13H13F3N4O3S2/c1-12(2,3)6-4-5(7(24-6)8(21)22)17-10(23)18-11-20-19-9(25-11)13(14,15)16/h4H,1-3H3,(H,21,22)(H2,17,18,20,23). The number of hydrogen-bond donors (Lipinski definition) is 3. The Morgan fingerprint density at radius 2 is 1.76 bits per heavy atom. The van der Waals surface area contributed by atoms with Gasteiger partial charge in [-0.1, -0.05) is 32.1 Å². The van der Waals surface area contributed by atoms with Crippen LogP contribution in [-0.2, 0) is 11.6 Å². The molecule has 0 aliphatic heterocycles. The summed E-state index contributed by atoms with van der Waals surface area (Å²) in [6.45, 7) is 5.65. The fourth-order valence-corrected chi connectivity index (χ4v) is 3.27. The van der Waals surface area contributed by atoms with Crippen molar-refractivity contribution in [3.63, 3.8) is 0 Å². The lowest BCUT2D eigenvalue weighted by molar-refractivity contribution is -0.138. The number of nitrogens with zero attached hydrogens (tertiary/aromatic N) is 2. The highest BCUT2D eigenvalue weighted by Crippen LogP contribution is 2.36. The maximum atomic E-state index is 12.5. The van der Waals surface area contributed by atoms with Gasteiger partial charge in [0.05, 0.1) is 5.69 Å². The molecule has 0 fully saturated rings. The normalized spacial score (nSPS) is 12.1. The Bertz CT molecular complexity index is 808. The highest BCUT2D eigenvalue weighted by Gasteiger charge is 2.36. The third kappa shape index (κ3) is 4.66. The molecule has 2 aromatic heterocycles. The molecule has 3 N–H and O–H groups in total. The summed E-state index contributed by atoms with van der Waals surface area (Å²) in [7, 11) is 0. The van der Waals surface area contributed by atoms with E-state index in [-0.39, 0.29) is 32.4 Å². The predicted octanol–water partition coefficient (Wildman–Crippen LogP) is 4.26. The zero-order valence-corrected chi connectivity index (χ0v) is 14.8. The van der Waals surface area contributed by atoms with Gasteiger partial charge in [-0.3, -0.25) is 5.32 Å². The molecular weight excluding hydrogens is 381 g/mol. The van der Waals surface area contributed by atoms with Crippen LogP contribution in [0, 0.1) is 0 Å². The molecule has 0 aliphatic carbocycles. The van der Waals surface area contributed by atoms with Crippen LogP contribution in [0.4, 0.5) is 28.8 Å². The minimum absolute atomic E-state index is 0.0560. The summed E-state index contributed by atoms with van der Waals surface area (Å²) in [6, 6.07) is 0.611. The van der Waals surface area contributed by atoms with Crippen LogP contribution in [0.1, 0.15) is 40.3 Å². The van der Waals surface area contributed by atoms with E-state index in [2.05, 4.69) is 20.8 Å². The molecule has 12 heteroatoms. The Labute approximate surface area is 147 Å². The summed E-state index contributed by atoms with van der Waals surface area (Å²) >= 11 is 1.18. The Kier molecular flexibility index (Phi) is 5.04.